The second-order valence-electron chi connectivity index (χ2n) is 8.24. The van der Waals surface area contributed by atoms with Gasteiger partial charge < -0.3 is 19.1 Å². The minimum absolute atomic E-state index is 0.0735. The van der Waals surface area contributed by atoms with Crippen LogP contribution in [-0.2, 0) is 14.2 Å². The lowest BCUT2D eigenvalue weighted by atomic mass is 9.99. The molecule has 2 aromatic carbocycles. The van der Waals surface area contributed by atoms with E-state index >= 15 is 0 Å². The highest BCUT2D eigenvalue weighted by Gasteiger charge is 2.44. The molecule has 8 nitrogen and oxygen atoms in total. The summed E-state index contributed by atoms with van der Waals surface area (Å²) in [7, 11) is 3.85. The zero-order valence-electron chi connectivity index (χ0n) is 19.5. The van der Waals surface area contributed by atoms with Gasteiger partial charge in [0.05, 0.1) is 23.3 Å². The van der Waals surface area contributed by atoms with E-state index in [0.717, 1.165) is 0 Å². The van der Waals surface area contributed by atoms with Gasteiger partial charge in [0, 0.05) is 12.4 Å². The normalized spacial score (nSPS) is 21.9. The Morgan fingerprint density at radius 2 is 1.54 bits per heavy atom. The van der Waals surface area contributed by atoms with E-state index in [2.05, 4.69) is 9.97 Å². The monoisotopic (exact) mass is 493 g/mol. The molecule has 1 aliphatic heterocycles. The van der Waals surface area contributed by atoms with Gasteiger partial charge in [0.15, 0.2) is 11.3 Å². The smallest absolute Gasteiger partial charge is 0.338 e. The molecule has 0 aliphatic carbocycles. The third-order valence-corrected chi connectivity index (χ3v) is 6.60. The van der Waals surface area contributed by atoms with Crippen molar-refractivity contribution in [1.82, 2.24) is 14.9 Å². The van der Waals surface area contributed by atoms with Crippen LogP contribution in [0.3, 0.4) is 0 Å². The van der Waals surface area contributed by atoms with Gasteiger partial charge in [-0.3, -0.25) is 0 Å². The Morgan fingerprint density at radius 1 is 0.943 bits per heavy atom. The summed E-state index contributed by atoms with van der Waals surface area (Å²) in [6, 6.07) is 19.2. The van der Waals surface area contributed by atoms with E-state index in [1.165, 1.54) is 11.8 Å². The van der Waals surface area contributed by atoms with E-state index in [9.17, 15) is 9.59 Å². The SMILES string of the molecule is CN(C)[C@H]1C[C@@H](COC(=O)c2ccccc2)OC(Sc2ncccn2)[C@@H]1OC(=O)c1ccccc1. The van der Waals surface area contributed by atoms with Gasteiger partial charge in [-0.2, -0.15) is 0 Å². The molecule has 4 rings (SSSR count). The third-order valence-electron chi connectivity index (χ3n) is 5.57. The lowest BCUT2D eigenvalue weighted by Gasteiger charge is -2.43. The van der Waals surface area contributed by atoms with Gasteiger partial charge in [0.25, 0.3) is 0 Å². The van der Waals surface area contributed by atoms with Crippen molar-refractivity contribution in [3.63, 3.8) is 0 Å². The van der Waals surface area contributed by atoms with E-state index in [4.69, 9.17) is 14.2 Å². The van der Waals surface area contributed by atoms with Gasteiger partial charge in [-0.15, -0.1) is 0 Å². The summed E-state index contributed by atoms with van der Waals surface area (Å²) in [5.74, 6) is -0.844. The first-order valence-corrected chi connectivity index (χ1v) is 12.1. The molecule has 3 aromatic rings. The number of thioether (sulfide) groups is 1. The van der Waals surface area contributed by atoms with Crippen LogP contribution >= 0.6 is 11.8 Å². The number of hydrogen-bond acceptors (Lipinski definition) is 9. The number of nitrogens with zero attached hydrogens (tertiary/aromatic N) is 3. The number of likely N-dealkylation sites (N-methyl/N-ethyl adjacent to an activating group) is 1. The van der Waals surface area contributed by atoms with Crippen molar-refractivity contribution in [3.8, 4) is 0 Å². The maximum absolute atomic E-state index is 12.9. The number of carbonyl (C=O) groups excluding carboxylic acids is 2. The van der Waals surface area contributed by atoms with Crippen LogP contribution in [0.25, 0.3) is 0 Å². The Kier molecular flexibility index (Phi) is 8.46. The molecule has 2 heterocycles. The highest BCUT2D eigenvalue weighted by atomic mass is 32.2. The van der Waals surface area contributed by atoms with Crippen molar-refractivity contribution in [2.75, 3.05) is 20.7 Å². The summed E-state index contributed by atoms with van der Waals surface area (Å²) in [6.07, 6.45) is 2.79. The zero-order chi connectivity index (χ0) is 24.6. The fourth-order valence-corrected chi connectivity index (χ4v) is 4.83. The first-order valence-electron chi connectivity index (χ1n) is 11.2. The van der Waals surface area contributed by atoms with E-state index in [0.29, 0.717) is 22.7 Å². The van der Waals surface area contributed by atoms with Crippen molar-refractivity contribution >= 4 is 23.7 Å². The molecule has 35 heavy (non-hydrogen) atoms. The quantitative estimate of drug-likeness (QED) is 0.344. The van der Waals surface area contributed by atoms with Gasteiger partial charge in [-0.05, 0) is 50.8 Å². The van der Waals surface area contributed by atoms with Gasteiger partial charge >= 0.3 is 11.9 Å². The Morgan fingerprint density at radius 3 is 2.14 bits per heavy atom. The van der Waals surface area contributed by atoms with Gasteiger partial charge in [0.2, 0.25) is 0 Å². The van der Waals surface area contributed by atoms with Crippen LogP contribution in [0.15, 0.2) is 84.3 Å². The minimum atomic E-state index is -0.605. The molecule has 0 bridgehead atoms. The molecule has 0 N–H and O–H groups in total. The Labute approximate surface area is 208 Å². The highest BCUT2D eigenvalue weighted by Crippen LogP contribution is 2.35. The number of ether oxygens (including phenoxy) is 3. The van der Waals surface area contributed by atoms with Gasteiger partial charge in [0.1, 0.15) is 12.0 Å². The topological polar surface area (TPSA) is 90.8 Å². The molecular formula is C26H27N3O5S. The van der Waals surface area contributed by atoms with Crippen LogP contribution in [0, 0.1) is 0 Å². The predicted octanol–water partition coefficient (Wildman–Crippen LogP) is 3.70. The van der Waals surface area contributed by atoms with E-state index in [1.54, 1.807) is 67.0 Å². The van der Waals surface area contributed by atoms with Crippen molar-refractivity contribution in [2.45, 2.75) is 35.3 Å². The Hall–Kier alpha value is -3.27. The number of benzene rings is 2. The minimum Gasteiger partial charge on any atom is -0.459 e. The zero-order valence-corrected chi connectivity index (χ0v) is 20.3. The number of carbonyl (C=O) groups is 2. The van der Waals surface area contributed by atoms with Crippen molar-refractivity contribution < 1.29 is 23.8 Å². The van der Waals surface area contributed by atoms with Crippen molar-refractivity contribution in [3.05, 3.63) is 90.3 Å². The van der Waals surface area contributed by atoms with Crippen molar-refractivity contribution in [1.29, 1.82) is 0 Å². The summed E-state index contributed by atoms with van der Waals surface area (Å²) < 4.78 is 17.8. The molecule has 1 aliphatic rings. The number of aromatic nitrogens is 2. The van der Waals surface area contributed by atoms with E-state index in [1.807, 2.05) is 31.1 Å². The van der Waals surface area contributed by atoms with Crippen LogP contribution < -0.4 is 0 Å². The maximum atomic E-state index is 12.9. The molecule has 182 valence electrons. The summed E-state index contributed by atoms with van der Waals surface area (Å²) in [6.45, 7) is 0.0735. The van der Waals surface area contributed by atoms with Crippen LogP contribution in [0.4, 0.5) is 0 Å². The molecule has 1 fully saturated rings. The van der Waals surface area contributed by atoms with Crippen LogP contribution in [0.2, 0.25) is 0 Å². The summed E-state index contributed by atoms with van der Waals surface area (Å²) >= 11 is 1.28. The number of hydrogen-bond donors (Lipinski definition) is 0. The van der Waals surface area contributed by atoms with E-state index < -0.39 is 29.6 Å². The average molecular weight is 494 g/mol. The molecule has 0 radical (unpaired) electrons. The second kappa shape index (κ2) is 11.9. The standard InChI is InChI=1S/C26H27N3O5S/c1-29(2)21-16-20(17-32-23(30)18-10-5-3-6-11-18)33-25(35-26-27-14-9-15-28-26)22(21)34-24(31)19-12-7-4-8-13-19/h3-15,20-22,25H,16-17H2,1-2H3/t20-,21-,22+,25?/m0/s1. The second-order valence-corrected chi connectivity index (χ2v) is 9.31. The lowest BCUT2D eigenvalue weighted by molar-refractivity contribution is -0.128. The first kappa shape index (κ1) is 24.8. The number of esters is 2. The maximum Gasteiger partial charge on any atom is 0.338 e. The predicted molar refractivity (Wildman–Crippen MR) is 131 cm³/mol. The van der Waals surface area contributed by atoms with Gasteiger partial charge in [-0.1, -0.05) is 48.2 Å². The molecule has 0 amide bonds. The third kappa shape index (κ3) is 6.66. The highest BCUT2D eigenvalue weighted by molar-refractivity contribution is 7.99. The molecule has 0 saturated carbocycles. The molecule has 1 saturated heterocycles. The fraction of sp³-hybridized carbons (Fsp3) is 0.308. The van der Waals surface area contributed by atoms with Gasteiger partial charge in [-0.25, -0.2) is 19.6 Å². The Balaban J connectivity index is 1.52. The van der Waals surface area contributed by atoms with E-state index in [-0.39, 0.29) is 12.6 Å². The molecule has 0 spiro atoms. The van der Waals surface area contributed by atoms with Crippen LogP contribution in [0.5, 0.6) is 0 Å². The lowest BCUT2D eigenvalue weighted by Crippen LogP contribution is -2.55. The van der Waals surface area contributed by atoms with Crippen LogP contribution in [0.1, 0.15) is 27.1 Å². The average Bonchev–Trinajstić information content (AvgIpc) is 2.89. The first-order chi connectivity index (χ1) is 17.0. The molecule has 9 heteroatoms. The molecule has 4 atom stereocenters. The summed E-state index contributed by atoms with van der Waals surface area (Å²) in [5.41, 5.74) is 0.334. The fourth-order valence-electron chi connectivity index (χ4n) is 3.79. The van der Waals surface area contributed by atoms with Crippen LogP contribution in [-0.4, -0.2) is 71.2 Å². The Bertz CT molecular complexity index is 1100. The molecule has 1 aromatic heterocycles. The van der Waals surface area contributed by atoms with Crippen molar-refractivity contribution in [2.24, 2.45) is 0 Å². The molecule has 1 unspecified atom stereocenters. The largest absolute Gasteiger partial charge is 0.459 e. The molecular weight excluding hydrogens is 466 g/mol. The summed E-state index contributed by atoms with van der Waals surface area (Å²) in [5, 5.41) is 0.498. The summed E-state index contributed by atoms with van der Waals surface area (Å²) in [4.78, 5) is 36.0. The number of rotatable bonds is 8.